The number of carbonyl (C=O) groups excluding carboxylic acids is 1. The van der Waals surface area contributed by atoms with Gasteiger partial charge in [0.2, 0.25) is 5.91 Å². The highest BCUT2D eigenvalue weighted by Gasteiger charge is 2.35. The molecule has 2 aliphatic rings. The summed E-state index contributed by atoms with van der Waals surface area (Å²) in [4.78, 5) is 20.6. The van der Waals surface area contributed by atoms with Gasteiger partial charge in [0.05, 0.1) is 10.2 Å². The summed E-state index contributed by atoms with van der Waals surface area (Å²) in [6, 6.07) is 2.45. The third-order valence-corrected chi connectivity index (χ3v) is 4.99. The minimum atomic E-state index is 0.326. The SMILES string of the molecule is CN(C(=O)C1CC1)C1CCN(c2ccncc2Br)CC1. The number of amides is 1. The zero-order valence-electron chi connectivity index (χ0n) is 11.8. The zero-order valence-corrected chi connectivity index (χ0v) is 13.3. The number of rotatable bonds is 3. The van der Waals surface area contributed by atoms with Crippen LogP contribution in [0.5, 0.6) is 0 Å². The lowest BCUT2D eigenvalue weighted by atomic mass is 10.0. The van der Waals surface area contributed by atoms with Crippen molar-refractivity contribution in [2.75, 3.05) is 25.0 Å². The zero-order chi connectivity index (χ0) is 14.1. The summed E-state index contributed by atoms with van der Waals surface area (Å²) in [7, 11) is 1.98. The van der Waals surface area contributed by atoms with Gasteiger partial charge in [0.15, 0.2) is 0 Å². The van der Waals surface area contributed by atoms with Crippen LogP contribution in [0.1, 0.15) is 25.7 Å². The molecule has 1 aromatic heterocycles. The Hall–Kier alpha value is -1.10. The summed E-state index contributed by atoms with van der Waals surface area (Å²) in [5, 5.41) is 0. The van der Waals surface area contributed by atoms with Crippen LogP contribution in [-0.2, 0) is 4.79 Å². The van der Waals surface area contributed by atoms with E-state index in [-0.39, 0.29) is 0 Å². The van der Waals surface area contributed by atoms with Crippen molar-refractivity contribution >= 4 is 27.5 Å². The van der Waals surface area contributed by atoms with Crippen LogP contribution in [-0.4, -0.2) is 42.0 Å². The van der Waals surface area contributed by atoms with E-state index in [1.165, 1.54) is 5.69 Å². The molecule has 1 saturated carbocycles. The standard InChI is InChI=1S/C15H20BrN3O/c1-18(15(20)11-2-3-11)12-5-8-19(9-6-12)14-4-7-17-10-13(14)16/h4,7,10-12H,2-3,5-6,8-9H2,1H3. The Morgan fingerprint density at radius 3 is 2.65 bits per heavy atom. The predicted molar refractivity (Wildman–Crippen MR) is 82.7 cm³/mol. The van der Waals surface area contributed by atoms with Crippen LogP contribution >= 0.6 is 15.9 Å². The highest BCUT2D eigenvalue weighted by molar-refractivity contribution is 9.10. The van der Waals surface area contributed by atoms with E-state index in [1.54, 1.807) is 0 Å². The highest BCUT2D eigenvalue weighted by atomic mass is 79.9. The average molecular weight is 338 g/mol. The molecule has 3 rings (SSSR count). The highest BCUT2D eigenvalue weighted by Crippen LogP contribution is 2.33. The molecule has 0 N–H and O–H groups in total. The first kappa shape index (κ1) is 13.9. The Balaban J connectivity index is 1.59. The first-order chi connectivity index (χ1) is 9.66. The minimum absolute atomic E-state index is 0.326. The van der Waals surface area contributed by atoms with Crippen molar-refractivity contribution < 1.29 is 4.79 Å². The van der Waals surface area contributed by atoms with Crippen LogP contribution in [0.4, 0.5) is 5.69 Å². The van der Waals surface area contributed by atoms with Gasteiger partial charge in [0.1, 0.15) is 0 Å². The van der Waals surface area contributed by atoms with E-state index < -0.39 is 0 Å². The Kier molecular flexibility index (Phi) is 3.96. The second kappa shape index (κ2) is 5.72. The lowest BCUT2D eigenvalue weighted by Gasteiger charge is -2.38. The molecule has 20 heavy (non-hydrogen) atoms. The molecule has 2 fully saturated rings. The third kappa shape index (κ3) is 2.82. The number of carbonyl (C=O) groups is 1. The molecule has 1 aliphatic carbocycles. The van der Waals surface area contributed by atoms with Gasteiger partial charge in [-0.3, -0.25) is 9.78 Å². The van der Waals surface area contributed by atoms with Crippen molar-refractivity contribution in [3.05, 3.63) is 22.9 Å². The van der Waals surface area contributed by atoms with E-state index in [0.29, 0.717) is 17.9 Å². The van der Waals surface area contributed by atoms with Crippen LogP contribution in [0.15, 0.2) is 22.9 Å². The van der Waals surface area contributed by atoms with Gasteiger partial charge < -0.3 is 9.80 Å². The first-order valence-electron chi connectivity index (χ1n) is 7.28. The molecule has 4 nitrogen and oxygen atoms in total. The van der Waals surface area contributed by atoms with Gasteiger partial charge in [-0.2, -0.15) is 0 Å². The quantitative estimate of drug-likeness (QED) is 0.850. The fourth-order valence-corrected chi connectivity index (χ4v) is 3.42. The fourth-order valence-electron chi connectivity index (χ4n) is 2.92. The second-order valence-corrected chi connectivity index (χ2v) is 6.62. The molecule has 1 aliphatic heterocycles. The molecule has 1 amide bonds. The van der Waals surface area contributed by atoms with Gasteiger partial charge in [0.25, 0.3) is 0 Å². The number of halogens is 1. The molecule has 1 aromatic rings. The predicted octanol–water partition coefficient (Wildman–Crippen LogP) is 2.68. The molecular formula is C15H20BrN3O. The number of piperidine rings is 1. The molecule has 0 spiro atoms. The molecule has 0 unspecified atom stereocenters. The molecular weight excluding hydrogens is 318 g/mol. The van der Waals surface area contributed by atoms with Crippen molar-refractivity contribution in [1.82, 2.24) is 9.88 Å². The molecule has 2 heterocycles. The topological polar surface area (TPSA) is 36.4 Å². The third-order valence-electron chi connectivity index (χ3n) is 4.38. The monoisotopic (exact) mass is 337 g/mol. The number of hydrogen-bond acceptors (Lipinski definition) is 3. The lowest BCUT2D eigenvalue weighted by Crippen LogP contribution is -2.46. The van der Waals surface area contributed by atoms with Crippen molar-refractivity contribution in [2.24, 2.45) is 5.92 Å². The van der Waals surface area contributed by atoms with Gasteiger partial charge >= 0.3 is 0 Å². The number of aromatic nitrogens is 1. The number of hydrogen-bond donors (Lipinski definition) is 0. The molecule has 108 valence electrons. The van der Waals surface area contributed by atoms with Crippen molar-refractivity contribution in [3.8, 4) is 0 Å². The largest absolute Gasteiger partial charge is 0.370 e. The van der Waals surface area contributed by atoms with Crippen LogP contribution in [0, 0.1) is 5.92 Å². The molecule has 1 saturated heterocycles. The van der Waals surface area contributed by atoms with Gasteiger partial charge in [-0.05, 0) is 47.7 Å². The first-order valence-corrected chi connectivity index (χ1v) is 8.07. The van der Waals surface area contributed by atoms with Gasteiger partial charge in [-0.25, -0.2) is 0 Å². The van der Waals surface area contributed by atoms with E-state index in [4.69, 9.17) is 0 Å². The lowest BCUT2D eigenvalue weighted by molar-refractivity contribution is -0.133. The van der Waals surface area contributed by atoms with Gasteiger partial charge in [-0.1, -0.05) is 0 Å². The Bertz CT molecular complexity index is 496. The van der Waals surface area contributed by atoms with Crippen molar-refractivity contribution in [2.45, 2.75) is 31.7 Å². The molecule has 5 heteroatoms. The maximum Gasteiger partial charge on any atom is 0.225 e. The average Bonchev–Trinajstić information content (AvgIpc) is 3.31. The summed E-state index contributed by atoms with van der Waals surface area (Å²) in [6.45, 7) is 1.99. The maximum atomic E-state index is 12.1. The normalized spacial score (nSPS) is 20.0. The van der Waals surface area contributed by atoms with E-state index in [9.17, 15) is 4.79 Å². The second-order valence-electron chi connectivity index (χ2n) is 5.77. The Labute approximate surface area is 128 Å². The summed E-state index contributed by atoms with van der Waals surface area (Å²) < 4.78 is 1.04. The van der Waals surface area contributed by atoms with E-state index in [0.717, 1.165) is 43.2 Å². The maximum absolute atomic E-state index is 12.1. The van der Waals surface area contributed by atoms with Crippen molar-refractivity contribution in [3.63, 3.8) is 0 Å². The number of nitrogens with zero attached hydrogens (tertiary/aromatic N) is 3. The van der Waals surface area contributed by atoms with E-state index in [2.05, 4.69) is 25.8 Å². The van der Waals surface area contributed by atoms with Crippen molar-refractivity contribution in [1.29, 1.82) is 0 Å². The molecule has 0 aromatic carbocycles. The van der Waals surface area contributed by atoms with Gasteiger partial charge in [0, 0.05) is 44.5 Å². The number of pyridine rings is 1. The summed E-state index contributed by atoms with van der Waals surface area (Å²) in [5.74, 6) is 0.681. The minimum Gasteiger partial charge on any atom is -0.370 e. The Morgan fingerprint density at radius 2 is 2.05 bits per heavy atom. The molecule has 0 radical (unpaired) electrons. The summed E-state index contributed by atoms with van der Waals surface area (Å²) in [5.41, 5.74) is 1.20. The smallest absolute Gasteiger partial charge is 0.225 e. The van der Waals surface area contributed by atoms with Crippen LogP contribution < -0.4 is 4.90 Å². The van der Waals surface area contributed by atoms with E-state index in [1.807, 2.05) is 30.4 Å². The molecule has 0 atom stereocenters. The molecule has 0 bridgehead atoms. The summed E-state index contributed by atoms with van der Waals surface area (Å²) in [6.07, 6.45) is 7.94. The van der Waals surface area contributed by atoms with Crippen LogP contribution in [0.25, 0.3) is 0 Å². The Morgan fingerprint density at radius 1 is 1.35 bits per heavy atom. The van der Waals surface area contributed by atoms with Crippen LogP contribution in [0.2, 0.25) is 0 Å². The fraction of sp³-hybridized carbons (Fsp3) is 0.600. The van der Waals surface area contributed by atoms with Crippen LogP contribution in [0.3, 0.4) is 0 Å². The number of anilines is 1. The van der Waals surface area contributed by atoms with Gasteiger partial charge in [-0.15, -0.1) is 0 Å². The summed E-state index contributed by atoms with van der Waals surface area (Å²) >= 11 is 3.56. The van der Waals surface area contributed by atoms with E-state index >= 15 is 0 Å².